The summed E-state index contributed by atoms with van der Waals surface area (Å²) in [5.74, 6) is -1.03. The van der Waals surface area contributed by atoms with Crippen LogP contribution in [0.1, 0.15) is 13.3 Å². The Morgan fingerprint density at radius 3 is 2.27 bits per heavy atom. The molecule has 0 aromatic heterocycles. The zero-order valence-electron chi connectivity index (χ0n) is 6.40. The third-order valence-electron chi connectivity index (χ3n) is 1.39. The summed E-state index contributed by atoms with van der Waals surface area (Å²) in [5, 5.41) is 17.4. The number of aliphatic carboxylic acids is 1. The average Bonchev–Trinajstić information content (AvgIpc) is 1.84. The predicted molar refractivity (Wildman–Crippen MR) is 39.9 cm³/mol. The van der Waals surface area contributed by atoms with E-state index in [2.05, 4.69) is 0 Å². The van der Waals surface area contributed by atoms with E-state index in [0.717, 1.165) is 0 Å². The first kappa shape index (κ1) is 10.3. The van der Waals surface area contributed by atoms with Crippen LogP contribution >= 0.6 is 0 Å². The third kappa shape index (κ3) is 3.92. The van der Waals surface area contributed by atoms with E-state index in [4.69, 9.17) is 21.7 Å². The summed E-state index contributed by atoms with van der Waals surface area (Å²) in [4.78, 5) is 10.1. The first-order chi connectivity index (χ1) is 4.95. The van der Waals surface area contributed by atoms with Crippen LogP contribution in [0.15, 0.2) is 0 Å². The maximum Gasteiger partial charge on any atom is 0.305 e. The van der Waals surface area contributed by atoms with E-state index >= 15 is 0 Å². The molecule has 0 aliphatic heterocycles. The largest absolute Gasteiger partial charge is 0.481 e. The second-order valence-electron chi connectivity index (χ2n) is 2.61. The SMILES string of the molecule is CC(N)C(O)C(N)CC(=O)O. The number of hydrogen-bond acceptors (Lipinski definition) is 4. The molecule has 0 amide bonds. The number of aliphatic hydroxyl groups is 1. The van der Waals surface area contributed by atoms with Gasteiger partial charge in [0.1, 0.15) is 0 Å². The van der Waals surface area contributed by atoms with Crippen molar-refractivity contribution in [1.29, 1.82) is 0 Å². The summed E-state index contributed by atoms with van der Waals surface area (Å²) in [5.41, 5.74) is 10.6. The molecule has 0 spiro atoms. The fraction of sp³-hybridized carbons (Fsp3) is 0.833. The fourth-order valence-corrected chi connectivity index (χ4v) is 0.712. The molecule has 0 aliphatic rings. The molecule has 0 aliphatic carbocycles. The van der Waals surface area contributed by atoms with Gasteiger partial charge in [-0.2, -0.15) is 0 Å². The molecule has 0 heterocycles. The van der Waals surface area contributed by atoms with Crippen LogP contribution in [0.2, 0.25) is 0 Å². The number of carbonyl (C=O) groups is 1. The summed E-state index contributed by atoms with van der Waals surface area (Å²) >= 11 is 0. The normalized spacial score (nSPS) is 18.9. The number of carboxylic acid groups (broad SMARTS) is 1. The van der Waals surface area contributed by atoms with Crippen LogP contribution in [-0.4, -0.2) is 34.4 Å². The highest BCUT2D eigenvalue weighted by molar-refractivity contribution is 5.67. The van der Waals surface area contributed by atoms with Crippen molar-refractivity contribution in [3.05, 3.63) is 0 Å². The van der Waals surface area contributed by atoms with Gasteiger partial charge in [0, 0.05) is 12.1 Å². The molecule has 5 heteroatoms. The minimum atomic E-state index is -1.03. The minimum absolute atomic E-state index is 0.261. The first-order valence-electron chi connectivity index (χ1n) is 3.36. The van der Waals surface area contributed by atoms with Crippen LogP contribution < -0.4 is 11.5 Å². The van der Waals surface area contributed by atoms with Gasteiger partial charge in [-0.15, -0.1) is 0 Å². The molecule has 66 valence electrons. The molecule has 0 saturated carbocycles. The topological polar surface area (TPSA) is 110 Å². The molecule has 3 unspecified atom stereocenters. The molecule has 0 aromatic rings. The molecule has 0 fully saturated rings. The average molecular weight is 162 g/mol. The summed E-state index contributed by atoms with van der Waals surface area (Å²) in [6, 6.07) is -1.28. The Balaban J connectivity index is 3.82. The van der Waals surface area contributed by atoms with Gasteiger partial charge >= 0.3 is 5.97 Å². The van der Waals surface area contributed by atoms with Crippen molar-refractivity contribution in [3.63, 3.8) is 0 Å². The Labute approximate surface area is 65.0 Å². The van der Waals surface area contributed by atoms with E-state index in [1.165, 1.54) is 0 Å². The maximum absolute atomic E-state index is 10.1. The Kier molecular flexibility index (Phi) is 4.02. The smallest absolute Gasteiger partial charge is 0.305 e. The zero-order chi connectivity index (χ0) is 9.02. The maximum atomic E-state index is 10.1. The standard InChI is InChI=1S/C6H14N2O3/c1-3(7)6(11)4(8)2-5(9)10/h3-4,6,11H,2,7-8H2,1H3,(H,9,10). The van der Waals surface area contributed by atoms with E-state index in [0.29, 0.717) is 0 Å². The number of carboxylic acids is 1. The third-order valence-corrected chi connectivity index (χ3v) is 1.39. The van der Waals surface area contributed by atoms with E-state index in [1.807, 2.05) is 0 Å². The van der Waals surface area contributed by atoms with Crippen molar-refractivity contribution in [2.45, 2.75) is 31.5 Å². The van der Waals surface area contributed by atoms with E-state index in [-0.39, 0.29) is 6.42 Å². The summed E-state index contributed by atoms with van der Waals surface area (Å²) in [6.07, 6.45) is -1.21. The highest BCUT2D eigenvalue weighted by Crippen LogP contribution is 1.99. The Morgan fingerprint density at radius 1 is 1.55 bits per heavy atom. The van der Waals surface area contributed by atoms with Crippen LogP contribution in [-0.2, 0) is 4.79 Å². The summed E-state index contributed by atoms with van der Waals surface area (Å²) in [6.45, 7) is 1.58. The number of aliphatic hydroxyl groups excluding tert-OH is 1. The van der Waals surface area contributed by atoms with Crippen molar-refractivity contribution in [1.82, 2.24) is 0 Å². The molecule has 11 heavy (non-hydrogen) atoms. The zero-order valence-corrected chi connectivity index (χ0v) is 6.40. The van der Waals surface area contributed by atoms with Gasteiger partial charge in [0.05, 0.1) is 12.5 Å². The molecule has 5 nitrogen and oxygen atoms in total. The molecular formula is C6H14N2O3. The van der Waals surface area contributed by atoms with Gasteiger partial charge in [-0.3, -0.25) is 4.79 Å². The van der Waals surface area contributed by atoms with E-state index in [1.54, 1.807) is 6.92 Å². The van der Waals surface area contributed by atoms with Gasteiger partial charge in [0.2, 0.25) is 0 Å². The molecule has 0 saturated heterocycles. The van der Waals surface area contributed by atoms with Gasteiger partial charge in [0.15, 0.2) is 0 Å². The van der Waals surface area contributed by atoms with Crippen LogP contribution in [0, 0.1) is 0 Å². The van der Waals surface area contributed by atoms with Gasteiger partial charge in [-0.05, 0) is 6.92 Å². The number of rotatable bonds is 4. The van der Waals surface area contributed by atoms with Gasteiger partial charge < -0.3 is 21.7 Å². The highest BCUT2D eigenvalue weighted by Gasteiger charge is 2.20. The van der Waals surface area contributed by atoms with E-state index in [9.17, 15) is 4.79 Å². The van der Waals surface area contributed by atoms with Crippen molar-refractivity contribution in [3.8, 4) is 0 Å². The van der Waals surface area contributed by atoms with Gasteiger partial charge in [0.25, 0.3) is 0 Å². The lowest BCUT2D eigenvalue weighted by molar-refractivity contribution is -0.138. The molecular weight excluding hydrogens is 148 g/mol. The number of nitrogens with two attached hydrogens (primary N) is 2. The summed E-state index contributed by atoms with van der Waals surface area (Å²) in [7, 11) is 0. The quantitative estimate of drug-likeness (QED) is 0.402. The van der Waals surface area contributed by atoms with Gasteiger partial charge in [-0.1, -0.05) is 0 Å². The van der Waals surface area contributed by atoms with Crippen molar-refractivity contribution < 1.29 is 15.0 Å². The Hall–Kier alpha value is -0.650. The van der Waals surface area contributed by atoms with Crippen LogP contribution in [0.5, 0.6) is 0 Å². The molecule has 0 aromatic carbocycles. The van der Waals surface area contributed by atoms with Crippen molar-refractivity contribution in [2.75, 3.05) is 0 Å². The predicted octanol–water partition coefficient (Wildman–Crippen LogP) is -1.50. The lowest BCUT2D eigenvalue weighted by Gasteiger charge is -2.19. The molecule has 6 N–H and O–H groups in total. The molecule has 0 radical (unpaired) electrons. The molecule has 0 bridgehead atoms. The van der Waals surface area contributed by atoms with Crippen molar-refractivity contribution in [2.24, 2.45) is 11.5 Å². The Morgan fingerprint density at radius 2 is 2.00 bits per heavy atom. The molecule has 0 rings (SSSR count). The number of hydrogen-bond donors (Lipinski definition) is 4. The lowest BCUT2D eigenvalue weighted by Crippen LogP contribution is -2.46. The monoisotopic (exact) mass is 162 g/mol. The van der Waals surface area contributed by atoms with Crippen LogP contribution in [0.25, 0.3) is 0 Å². The Bertz CT molecular complexity index is 138. The first-order valence-corrected chi connectivity index (χ1v) is 3.36. The van der Waals surface area contributed by atoms with E-state index < -0.39 is 24.2 Å². The minimum Gasteiger partial charge on any atom is -0.481 e. The van der Waals surface area contributed by atoms with Gasteiger partial charge in [-0.25, -0.2) is 0 Å². The summed E-state index contributed by atoms with van der Waals surface area (Å²) < 4.78 is 0. The second kappa shape index (κ2) is 4.27. The second-order valence-corrected chi connectivity index (χ2v) is 2.61. The lowest BCUT2D eigenvalue weighted by atomic mass is 10.0. The highest BCUT2D eigenvalue weighted by atomic mass is 16.4. The van der Waals surface area contributed by atoms with Crippen molar-refractivity contribution >= 4 is 5.97 Å². The fourth-order valence-electron chi connectivity index (χ4n) is 0.712. The molecule has 3 atom stereocenters. The van der Waals surface area contributed by atoms with Crippen LogP contribution in [0.4, 0.5) is 0 Å². The van der Waals surface area contributed by atoms with Crippen LogP contribution in [0.3, 0.4) is 0 Å².